The maximum atomic E-state index is 13.1. The standard InChI is InChI=1S/C13H17F2NO4S/c1-13(2,3)11(7-12(17)18)16-21(19,20)8-4-5-9(14)10(15)6-8/h4-6,11,16H,7H2,1-3H3,(H,17,18). The first-order chi connectivity index (χ1) is 9.43. The van der Waals surface area contributed by atoms with Gasteiger partial charge in [-0.05, 0) is 23.6 Å². The Morgan fingerprint density at radius 1 is 1.29 bits per heavy atom. The smallest absolute Gasteiger partial charge is 0.304 e. The molecule has 1 aromatic carbocycles. The van der Waals surface area contributed by atoms with Gasteiger partial charge in [-0.15, -0.1) is 0 Å². The second kappa shape index (κ2) is 6.07. The van der Waals surface area contributed by atoms with Crippen LogP contribution in [0.25, 0.3) is 0 Å². The summed E-state index contributed by atoms with van der Waals surface area (Å²) < 4.78 is 52.5. The molecule has 0 spiro atoms. The van der Waals surface area contributed by atoms with Crippen molar-refractivity contribution in [1.82, 2.24) is 4.72 Å². The van der Waals surface area contributed by atoms with Crippen molar-refractivity contribution in [1.29, 1.82) is 0 Å². The van der Waals surface area contributed by atoms with E-state index in [2.05, 4.69) is 4.72 Å². The number of halogens is 2. The Bertz CT molecular complexity index is 638. The molecule has 0 radical (unpaired) electrons. The van der Waals surface area contributed by atoms with E-state index in [1.54, 1.807) is 20.8 Å². The van der Waals surface area contributed by atoms with Gasteiger partial charge in [-0.1, -0.05) is 20.8 Å². The molecule has 0 saturated carbocycles. The van der Waals surface area contributed by atoms with Crippen molar-refractivity contribution in [2.24, 2.45) is 5.41 Å². The molecule has 0 heterocycles. The summed E-state index contributed by atoms with van der Waals surface area (Å²) in [6.45, 7) is 5.02. The van der Waals surface area contributed by atoms with Crippen LogP contribution < -0.4 is 4.72 Å². The number of hydrogen-bond donors (Lipinski definition) is 2. The van der Waals surface area contributed by atoms with Crippen molar-refractivity contribution >= 4 is 16.0 Å². The molecule has 0 aliphatic heterocycles. The number of hydrogen-bond acceptors (Lipinski definition) is 3. The fourth-order valence-corrected chi connectivity index (χ4v) is 3.05. The minimum Gasteiger partial charge on any atom is -0.481 e. The van der Waals surface area contributed by atoms with E-state index >= 15 is 0 Å². The van der Waals surface area contributed by atoms with E-state index in [9.17, 15) is 22.0 Å². The maximum Gasteiger partial charge on any atom is 0.304 e. The van der Waals surface area contributed by atoms with Crippen LogP contribution in [0.3, 0.4) is 0 Å². The van der Waals surface area contributed by atoms with Crippen LogP contribution in [0.2, 0.25) is 0 Å². The summed E-state index contributed by atoms with van der Waals surface area (Å²) in [6.07, 6.45) is -0.424. The molecule has 0 amide bonds. The first-order valence-corrected chi connectivity index (χ1v) is 7.61. The van der Waals surface area contributed by atoms with E-state index in [4.69, 9.17) is 5.11 Å². The van der Waals surface area contributed by atoms with E-state index < -0.39 is 50.4 Å². The molecule has 2 N–H and O–H groups in total. The lowest BCUT2D eigenvalue weighted by Crippen LogP contribution is -2.44. The molecule has 1 unspecified atom stereocenters. The van der Waals surface area contributed by atoms with Gasteiger partial charge in [-0.2, -0.15) is 0 Å². The summed E-state index contributed by atoms with van der Waals surface area (Å²) in [5.74, 6) is -3.61. The zero-order chi connectivity index (χ0) is 16.4. The molecule has 8 heteroatoms. The van der Waals surface area contributed by atoms with E-state index in [1.807, 2.05) is 0 Å². The average Bonchev–Trinajstić information content (AvgIpc) is 2.29. The van der Waals surface area contributed by atoms with Crippen molar-refractivity contribution in [2.75, 3.05) is 0 Å². The molecule has 118 valence electrons. The number of carboxylic acid groups (broad SMARTS) is 1. The SMILES string of the molecule is CC(C)(C)C(CC(=O)O)NS(=O)(=O)c1ccc(F)c(F)c1. The molecule has 0 aliphatic carbocycles. The van der Waals surface area contributed by atoms with Gasteiger partial charge in [-0.3, -0.25) is 4.79 Å². The van der Waals surface area contributed by atoms with Gasteiger partial charge in [0.25, 0.3) is 0 Å². The van der Waals surface area contributed by atoms with Gasteiger partial charge in [0, 0.05) is 6.04 Å². The Morgan fingerprint density at radius 3 is 2.29 bits per heavy atom. The van der Waals surface area contributed by atoms with Crippen LogP contribution in [0.1, 0.15) is 27.2 Å². The fourth-order valence-electron chi connectivity index (χ4n) is 1.60. The zero-order valence-electron chi connectivity index (χ0n) is 11.9. The number of rotatable bonds is 5. The van der Waals surface area contributed by atoms with Gasteiger partial charge in [0.2, 0.25) is 10.0 Å². The summed E-state index contributed by atoms with van der Waals surface area (Å²) in [5, 5.41) is 8.85. The quantitative estimate of drug-likeness (QED) is 0.870. The lowest BCUT2D eigenvalue weighted by atomic mass is 9.85. The van der Waals surface area contributed by atoms with E-state index in [0.717, 1.165) is 6.07 Å². The minimum atomic E-state index is -4.15. The van der Waals surface area contributed by atoms with Crippen LogP contribution in [0.15, 0.2) is 23.1 Å². The summed E-state index contributed by atoms with van der Waals surface area (Å²) in [4.78, 5) is 10.4. The first-order valence-electron chi connectivity index (χ1n) is 6.12. The highest BCUT2D eigenvalue weighted by Gasteiger charge is 2.31. The molecule has 0 aliphatic rings. The number of nitrogens with one attached hydrogen (secondary N) is 1. The first kappa shape index (κ1) is 17.5. The predicted molar refractivity (Wildman–Crippen MR) is 72.2 cm³/mol. The summed E-state index contributed by atoms with van der Waals surface area (Å²) in [6, 6.07) is 1.28. The molecule has 0 fully saturated rings. The second-order valence-corrected chi connectivity index (χ2v) is 7.43. The topological polar surface area (TPSA) is 83.5 Å². The van der Waals surface area contributed by atoms with Gasteiger partial charge >= 0.3 is 5.97 Å². The average molecular weight is 321 g/mol. The van der Waals surface area contributed by atoms with Gasteiger partial charge in [0.1, 0.15) is 0 Å². The third-order valence-corrected chi connectivity index (χ3v) is 4.39. The Balaban J connectivity index is 3.11. The summed E-state index contributed by atoms with van der Waals surface area (Å²) in [7, 11) is -4.15. The highest BCUT2D eigenvalue weighted by atomic mass is 32.2. The molecule has 1 aromatic rings. The van der Waals surface area contributed by atoms with E-state index in [0.29, 0.717) is 12.1 Å². The molecular weight excluding hydrogens is 304 g/mol. The minimum absolute atomic E-state index is 0.424. The maximum absolute atomic E-state index is 13.1. The lowest BCUT2D eigenvalue weighted by Gasteiger charge is -2.30. The zero-order valence-corrected chi connectivity index (χ0v) is 12.7. The van der Waals surface area contributed by atoms with Gasteiger partial charge in [0.05, 0.1) is 11.3 Å². The van der Waals surface area contributed by atoms with Crippen molar-refractivity contribution in [3.05, 3.63) is 29.8 Å². The molecule has 1 rings (SSSR count). The van der Waals surface area contributed by atoms with Crippen molar-refractivity contribution in [3.63, 3.8) is 0 Å². The van der Waals surface area contributed by atoms with Crippen molar-refractivity contribution in [2.45, 2.75) is 38.1 Å². The number of aliphatic carboxylic acids is 1. The van der Waals surface area contributed by atoms with Crippen LogP contribution in [-0.2, 0) is 14.8 Å². The second-order valence-electron chi connectivity index (χ2n) is 5.71. The Kier molecular flexibility index (Phi) is 5.06. The van der Waals surface area contributed by atoms with Crippen LogP contribution in [0.4, 0.5) is 8.78 Å². The lowest BCUT2D eigenvalue weighted by molar-refractivity contribution is -0.138. The summed E-state index contributed by atoms with van der Waals surface area (Å²) >= 11 is 0. The normalized spacial score (nSPS) is 14.0. The monoisotopic (exact) mass is 321 g/mol. The molecule has 0 saturated heterocycles. The predicted octanol–water partition coefficient (Wildman–Crippen LogP) is 2.13. The number of benzene rings is 1. The molecule has 21 heavy (non-hydrogen) atoms. The molecule has 1 atom stereocenters. The molecule has 0 bridgehead atoms. The van der Waals surface area contributed by atoms with Crippen LogP contribution in [0, 0.1) is 17.0 Å². The Morgan fingerprint density at radius 2 is 1.86 bits per heavy atom. The van der Waals surface area contributed by atoms with Crippen molar-refractivity contribution < 1.29 is 27.1 Å². The van der Waals surface area contributed by atoms with Gasteiger partial charge < -0.3 is 5.11 Å². The largest absolute Gasteiger partial charge is 0.481 e. The van der Waals surface area contributed by atoms with Crippen LogP contribution in [-0.4, -0.2) is 25.5 Å². The Hall–Kier alpha value is -1.54. The fraction of sp³-hybridized carbons (Fsp3) is 0.462. The van der Waals surface area contributed by atoms with Gasteiger partial charge in [-0.25, -0.2) is 21.9 Å². The third-order valence-electron chi connectivity index (χ3n) is 2.92. The molecule has 5 nitrogen and oxygen atoms in total. The number of carbonyl (C=O) groups is 1. The van der Waals surface area contributed by atoms with E-state index in [1.165, 1.54) is 0 Å². The van der Waals surface area contributed by atoms with Crippen LogP contribution >= 0.6 is 0 Å². The van der Waals surface area contributed by atoms with Gasteiger partial charge in [0.15, 0.2) is 11.6 Å². The highest BCUT2D eigenvalue weighted by Crippen LogP contribution is 2.24. The van der Waals surface area contributed by atoms with Crippen molar-refractivity contribution in [3.8, 4) is 0 Å². The third kappa shape index (κ3) is 4.75. The summed E-state index contributed by atoms with van der Waals surface area (Å²) in [5.41, 5.74) is -0.663. The van der Waals surface area contributed by atoms with E-state index in [-0.39, 0.29) is 0 Å². The highest BCUT2D eigenvalue weighted by molar-refractivity contribution is 7.89. The number of carboxylic acids is 1. The Labute approximate surface area is 122 Å². The molecular formula is C13H17F2NO4S. The molecule has 0 aromatic heterocycles. The number of sulfonamides is 1. The van der Waals surface area contributed by atoms with Crippen LogP contribution in [0.5, 0.6) is 0 Å².